The molecule has 1 aromatic carbocycles. The molecule has 2 aliphatic heterocycles. The van der Waals surface area contributed by atoms with Crippen LogP contribution in [0.25, 0.3) is 0 Å². The number of halogens is 1. The number of pyridine rings is 1. The highest BCUT2D eigenvalue weighted by atomic mass is 79.9. The lowest BCUT2D eigenvalue weighted by Crippen LogP contribution is -2.49. The molecular formula is C22H26BrN5O2. The zero-order chi connectivity index (χ0) is 21.1. The van der Waals surface area contributed by atoms with E-state index in [0.717, 1.165) is 21.3 Å². The quantitative estimate of drug-likeness (QED) is 0.637. The maximum Gasteiger partial charge on any atom is 0.241 e. The average Bonchev–Trinajstić information content (AvgIpc) is 3.27. The van der Waals surface area contributed by atoms with E-state index < -0.39 is 0 Å². The van der Waals surface area contributed by atoms with Crippen LogP contribution in [0.15, 0.2) is 47.2 Å². The number of aryl methyl sites for hydroxylation is 1. The molecule has 2 fully saturated rings. The molecule has 30 heavy (non-hydrogen) atoms. The van der Waals surface area contributed by atoms with Crippen LogP contribution in [-0.4, -0.2) is 40.8 Å². The Labute approximate surface area is 184 Å². The summed E-state index contributed by atoms with van der Waals surface area (Å²) in [6, 6.07) is 9.52. The molecule has 3 heterocycles. The van der Waals surface area contributed by atoms with E-state index >= 15 is 0 Å². The fraction of sp³-hybridized carbons (Fsp3) is 0.409. The van der Waals surface area contributed by atoms with Crippen LogP contribution >= 0.6 is 15.9 Å². The number of carbonyl (C=O) groups excluding carboxylic acids is 2. The second kappa shape index (κ2) is 9.24. The third-order valence-electron chi connectivity index (χ3n) is 5.89. The standard InChI is InChI=1S/C22H26BrN5O2/c1-14-11-17(4-5-18(14)23)25-21(29)15-6-9-28(10-7-15)22(30)20-12-19(26-27-20)16-3-2-8-24-13-16/h2-5,8,11,13,15,19-20,26-27H,6-7,9-10,12H2,1H3,(H,25,29). The molecule has 7 nitrogen and oxygen atoms in total. The van der Waals surface area contributed by atoms with Crippen LogP contribution in [0.4, 0.5) is 5.69 Å². The third-order valence-corrected chi connectivity index (χ3v) is 6.78. The van der Waals surface area contributed by atoms with E-state index in [0.29, 0.717) is 32.4 Å². The number of anilines is 1. The Morgan fingerprint density at radius 2 is 2.00 bits per heavy atom. The van der Waals surface area contributed by atoms with Gasteiger partial charge >= 0.3 is 0 Å². The summed E-state index contributed by atoms with van der Waals surface area (Å²) in [5, 5.41) is 3.01. The maximum absolute atomic E-state index is 12.9. The van der Waals surface area contributed by atoms with Gasteiger partial charge < -0.3 is 10.2 Å². The number of benzene rings is 1. The minimum Gasteiger partial charge on any atom is -0.341 e. The van der Waals surface area contributed by atoms with Crippen molar-refractivity contribution in [1.82, 2.24) is 20.7 Å². The number of hydrogen-bond donors (Lipinski definition) is 3. The third kappa shape index (κ3) is 4.71. The second-order valence-electron chi connectivity index (χ2n) is 7.97. The van der Waals surface area contributed by atoms with Gasteiger partial charge in [-0.15, -0.1) is 0 Å². The summed E-state index contributed by atoms with van der Waals surface area (Å²) in [5.74, 6) is 0.0493. The zero-order valence-corrected chi connectivity index (χ0v) is 18.5. The topological polar surface area (TPSA) is 86.4 Å². The predicted molar refractivity (Wildman–Crippen MR) is 118 cm³/mol. The number of carbonyl (C=O) groups is 2. The van der Waals surface area contributed by atoms with E-state index in [9.17, 15) is 9.59 Å². The summed E-state index contributed by atoms with van der Waals surface area (Å²) < 4.78 is 1.02. The highest BCUT2D eigenvalue weighted by molar-refractivity contribution is 9.10. The van der Waals surface area contributed by atoms with E-state index in [-0.39, 0.29) is 29.8 Å². The van der Waals surface area contributed by atoms with E-state index in [1.54, 1.807) is 6.20 Å². The molecule has 2 aliphatic rings. The summed E-state index contributed by atoms with van der Waals surface area (Å²) in [5.41, 5.74) is 9.28. The first-order valence-electron chi connectivity index (χ1n) is 10.3. The molecule has 2 atom stereocenters. The number of nitrogens with zero attached hydrogens (tertiary/aromatic N) is 2. The summed E-state index contributed by atoms with van der Waals surface area (Å²) in [6.07, 6.45) is 5.61. The lowest BCUT2D eigenvalue weighted by atomic mass is 9.94. The highest BCUT2D eigenvalue weighted by Gasteiger charge is 2.35. The fourth-order valence-corrected chi connectivity index (χ4v) is 4.31. The number of nitrogens with one attached hydrogen (secondary N) is 3. The van der Waals surface area contributed by atoms with Crippen molar-refractivity contribution in [3.05, 3.63) is 58.3 Å². The van der Waals surface area contributed by atoms with E-state index in [1.165, 1.54) is 0 Å². The van der Waals surface area contributed by atoms with Gasteiger partial charge in [-0.2, -0.15) is 0 Å². The molecular weight excluding hydrogens is 446 g/mol. The van der Waals surface area contributed by atoms with Crippen molar-refractivity contribution >= 4 is 33.4 Å². The van der Waals surface area contributed by atoms with Crippen LogP contribution in [-0.2, 0) is 9.59 Å². The Morgan fingerprint density at radius 3 is 2.70 bits per heavy atom. The van der Waals surface area contributed by atoms with Gasteiger partial charge in [-0.1, -0.05) is 22.0 Å². The molecule has 3 N–H and O–H groups in total. The Hall–Kier alpha value is -2.29. The smallest absolute Gasteiger partial charge is 0.241 e. The zero-order valence-electron chi connectivity index (χ0n) is 16.9. The lowest BCUT2D eigenvalue weighted by molar-refractivity contribution is -0.136. The van der Waals surface area contributed by atoms with Crippen LogP contribution in [0, 0.1) is 12.8 Å². The summed E-state index contributed by atoms with van der Waals surface area (Å²) in [4.78, 5) is 31.6. The molecule has 0 aliphatic carbocycles. The first kappa shape index (κ1) is 21.0. The summed E-state index contributed by atoms with van der Waals surface area (Å²) in [7, 11) is 0. The Balaban J connectivity index is 1.27. The number of amides is 2. The Kier molecular flexibility index (Phi) is 6.46. The Morgan fingerprint density at radius 1 is 1.20 bits per heavy atom. The number of likely N-dealkylation sites (tertiary alicyclic amines) is 1. The van der Waals surface area contributed by atoms with Crippen LogP contribution in [0.5, 0.6) is 0 Å². The summed E-state index contributed by atoms with van der Waals surface area (Å²) >= 11 is 3.47. The van der Waals surface area contributed by atoms with Gasteiger partial charge in [-0.05, 0) is 61.6 Å². The molecule has 2 saturated heterocycles. The molecule has 0 spiro atoms. The van der Waals surface area contributed by atoms with E-state index in [1.807, 2.05) is 48.4 Å². The molecule has 0 radical (unpaired) electrons. The van der Waals surface area contributed by atoms with Gasteiger partial charge in [-0.3, -0.25) is 14.6 Å². The second-order valence-corrected chi connectivity index (χ2v) is 8.82. The van der Waals surface area contributed by atoms with Gasteiger partial charge in [0.15, 0.2) is 0 Å². The van der Waals surface area contributed by atoms with Crippen molar-refractivity contribution in [2.45, 2.75) is 38.3 Å². The van der Waals surface area contributed by atoms with Crippen molar-refractivity contribution in [2.24, 2.45) is 5.92 Å². The SMILES string of the molecule is Cc1cc(NC(=O)C2CCN(C(=O)C3CC(c4cccnc4)NN3)CC2)ccc1Br. The van der Waals surface area contributed by atoms with Crippen LogP contribution in [0.2, 0.25) is 0 Å². The lowest BCUT2D eigenvalue weighted by Gasteiger charge is -2.32. The normalized spacial score (nSPS) is 22.1. The molecule has 2 aromatic rings. The van der Waals surface area contributed by atoms with Crippen LogP contribution in [0.3, 0.4) is 0 Å². The highest BCUT2D eigenvalue weighted by Crippen LogP contribution is 2.26. The van der Waals surface area contributed by atoms with Gasteiger partial charge in [0.25, 0.3) is 0 Å². The number of rotatable bonds is 4. The van der Waals surface area contributed by atoms with Crippen molar-refractivity contribution in [2.75, 3.05) is 18.4 Å². The molecule has 1 aromatic heterocycles. The monoisotopic (exact) mass is 471 g/mol. The summed E-state index contributed by atoms with van der Waals surface area (Å²) in [6.45, 7) is 3.20. The Bertz CT molecular complexity index is 915. The van der Waals surface area contributed by atoms with Gasteiger partial charge in [0.1, 0.15) is 6.04 Å². The van der Waals surface area contributed by atoms with Gasteiger partial charge in [0, 0.05) is 47.6 Å². The van der Waals surface area contributed by atoms with Gasteiger partial charge in [-0.25, -0.2) is 10.9 Å². The molecule has 8 heteroatoms. The predicted octanol–water partition coefficient (Wildman–Crippen LogP) is 2.94. The fourth-order valence-electron chi connectivity index (χ4n) is 4.07. The largest absolute Gasteiger partial charge is 0.341 e. The number of hydrazine groups is 1. The minimum atomic E-state index is -0.258. The first-order valence-corrected chi connectivity index (χ1v) is 11.1. The van der Waals surface area contributed by atoms with Crippen molar-refractivity contribution in [3.63, 3.8) is 0 Å². The number of aromatic nitrogens is 1. The molecule has 4 rings (SSSR count). The van der Waals surface area contributed by atoms with Crippen molar-refractivity contribution < 1.29 is 9.59 Å². The molecule has 0 saturated carbocycles. The van der Waals surface area contributed by atoms with Crippen molar-refractivity contribution in [3.8, 4) is 0 Å². The minimum absolute atomic E-state index is 0.0288. The van der Waals surface area contributed by atoms with Crippen molar-refractivity contribution in [1.29, 1.82) is 0 Å². The number of hydrogen-bond acceptors (Lipinski definition) is 5. The molecule has 0 bridgehead atoms. The molecule has 158 valence electrons. The molecule has 2 unspecified atom stereocenters. The molecule has 2 amide bonds. The average molecular weight is 472 g/mol. The maximum atomic E-state index is 12.9. The van der Waals surface area contributed by atoms with E-state index in [2.05, 4.69) is 37.1 Å². The first-order chi connectivity index (χ1) is 14.5. The number of piperidine rings is 1. The van der Waals surface area contributed by atoms with Crippen LogP contribution < -0.4 is 16.2 Å². The van der Waals surface area contributed by atoms with E-state index in [4.69, 9.17) is 0 Å². The van der Waals surface area contributed by atoms with Crippen LogP contribution in [0.1, 0.15) is 36.4 Å². The van der Waals surface area contributed by atoms with Gasteiger partial charge in [0.2, 0.25) is 11.8 Å². The van der Waals surface area contributed by atoms with Gasteiger partial charge in [0.05, 0.1) is 0 Å².